The van der Waals surface area contributed by atoms with Gasteiger partial charge < -0.3 is 20.3 Å². The van der Waals surface area contributed by atoms with Crippen LogP contribution in [0.3, 0.4) is 0 Å². The van der Waals surface area contributed by atoms with E-state index in [1.807, 2.05) is 30.4 Å². The van der Waals surface area contributed by atoms with Crippen molar-refractivity contribution in [2.45, 2.75) is 238 Å². The molecule has 0 aromatic rings. The first-order chi connectivity index (χ1) is 31.5. The Kier molecular flexibility index (Phi) is 47.8. The molecule has 3 unspecified atom stereocenters. The van der Waals surface area contributed by atoms with Gasteiger partial charge in [-0.05, 0) is 70.6 Å². The van der Waals surface area contributed by atoms with Crippen molar-refractivity contribution in [1.29, 1.82) is 0 Å². The number of ether oxygens (including phenoxy) is 1. The lowest BCUT2D eigenvalue weighted by molar-refractivity contribution is -0.151. The van der Waals surface area contributed by atoms with Gasteiger partial charge in [-0.1, -0.05) is 246 Å². The number of hydrogen-bond donors (Lipinski definition) is 3. The molecule has 0 bridgehead atoms. The number of aliphatic hydroxyl groups is 2. The Morgan fingerprint density at radius 3 is 1.31 bits per heavy atom. The Morgan fingerprint density at radius 2 is 0.828 bits per heavy atom. The third-order valence-corrected chi connectivity index (χ3v) is 11.3. The summed E-state index contributed by atoms with van der Waals surface area (Å²) in [7, 11) is 0. The molecule has 0 aliphatic heterocycles. The smallest absolute Gasteiger partial charge is 0.306 e. The molecule has 0 radical (unpaired) electrons. The van der Waals surface area contributed by atoms with Gasteiger partial charge in [-0.25, -0.2) is 0 Å². The number of esters is 1. The van der Waals surface area contributed by atoms with E-state index < -0.39 is 18.2 Å². The number of aliphatic hydroxyl groups excluding tert-OH is 2. The van der Waals surface area contributed by atoms with Gasteiger partial charge in [-0.15, -0.1) is 0 Å². The number of hydrogen-bond acceptors (Lipinski definition) is 5. The first-order valence-corrected chi connectivity index (χ1v) is 26.2. The number of rotatable bonds is 45. The number of allylic oxidation sites excluding steroid dienone is 18. The molecule has 6 heteroatoms. The van der Waals surface area contributed by atoms with Crippen LogP contribution in [0.25, 0.3) is 0 Å². The fraction of sp³-hybridized carbons (Fsp3) is 0.655. The largest absolute Gasteiger partial charge is 0.462 e. The summed E-state index contributed by atoms with van der Waals surface area (Å²) in [5.74, 6) is -0.550. The third kappa shape index (κ3) is 45.1. The molecule has 1 amide bonds. The van der Waals surface area contributed by atoms with Gasteiger partial charge >= 0.3 is 5.97 Å². The van der Waals surface area contributed by atoms with Crippen LogP contribution in [0.15, 0.2) is 109 Å². The number of carbonyl (C=O) groups is 2. The standard InChI is InChI=1S/C58H97NO5/c1-4-7-10-13-16-19-22-24-26-28-29-31-33-36-39-42-45-48-51-58(63)64-54(49-46-43-40-37-35-32-30-27-25-23-20-17-14-11-8-5-2)52-57(62)59-55(53-60)56(61)50-47-44-41-38-34-21-18-15-12-9-6-3/h10,13,16-17,19-20,22-32,35,54-56,60-61H,4-9,11-12,14-15,18,21,33-34,36-53H2,1-3H3,(H,59,62)/b13-10+,19-16+,20-17+,24-22+,25-23+,28-26+,30-27+,31-29+,35-32+. The summed E-state index contributed by atoms with van der Waals surface area (Å²) in [4.78, 5) is 26.2. The van der Waals surface area contributed by atoms with Gasteiger partial charge in [0.2, 0.25) is 5.91 Å². The molecule has 0 aliphatic carbocycles. The van der Waals surface area contributed by atoms with Crippen molar-refractivity contribution in [2.75, 3.05) is 6.61 Å². The highest BCUT2D eigenvalue weighted by Crippen LogP contribution is 2.17. The molecule has 64 heavy (non-hydrogen) atoms. The summed E-state index contributed by atoms with van der Waals surface area (Å²) >= 11 is 0. The van der Waals surface area contributed by atoms with E-state index in [2.05, 4.69) is 105 Å². The van der Waals surface area contributed by atoms with Crippen LogP contribution in [0.4, 0.5) is 0 Å². The van der Waals surface area contributed by atoms with Crippen LogP contribution in [0.1, 0.15) is 220 Å². The Bertz CT molecular complexity index is 1320. The zero-order chi connectivity index (χ0) is 46.7. The average molecular weight is 888 g/mol. The molecule has 0 fully saturated rings. The van der Waals surface area contributed by atoms with Gasteiger partial charge in [0, 0.05) is 6.42 Å². The highest BCUT2D eigenvalue weighted by molar-refractivity contribution is 5.77. The number of nitrogens with one attached hydrogen (secondary N) is 1. The molecular formula is C58H97NO5. The van der Waals surface area contributed by atoms with E-state index in [9.17, 15) is 19.8 Å². The minimum Gasteiger partial charge on any atom is -0.462 e. The molecule has 0 heterocycles. The molecule has 3 N–H and O–H groups in total. The zero-order valence-electron chi connectivity index (χ0n) is 41.4. The van der Waals surface area contributed by atoms with Gasteiger partial charge in [0.25, 0.3) is 0 Å². The maximum Gasteiger partial charge on any atom is 0.306 e. The summed E-state index contributed by atoms with van der Waals surface area (Å²) in [6.45, 7) is 6.32. The highest BCUT2D eigenvalue weighted by Gasteiger charge is 2.24. The van der Waals surface area contributed by atoms with Crippen LogP contribution in [0, 0.1) is 0 Å². The molecule has 0 aliphatic rings. The van der Waals surface area contributed by atoms with Gasteiger partial charge in [0.05, 0.1) is 25.2 Å². The van der Waals surface area contributed by atoms with Gasteiger partial charge in [-0.2, -0.15) is 0 Å². The van der Waals surface area contributed by atoms with Crippen molar-refractivity contribution in [3.63, 3.8) is 0 Å². The predicted molar refractivity (Wildman–Crippen MR) is 277 cm³/mol. The number of carbonyl (C=O) groups excluding carboxylic acids is 2. The zero-order valence-corrected chi connectivity index (χ0v) is 41.4. The molecule has 0 saturated heterocycles. The Morgan fingerprint density at radius 1 is 0.453 bits per heavy atom. The maximum absolute atomic E-state index is 13.2. The van der Waals surface area contributed by atoms with Crippen LogP contribution in [-0.2, 0) is 14.3 Å². The SMILES string of the molecule is CCC/C=C/C=C/C=C/C=C/C=C/CCCCCCCC(=O)OC(CCCCC/C=C/C=C/C=C/C=C/CCCCC)CC(=O)NC(CO)C(O)CCCCCCCCCCCCC. The highest BCUT2D eigenvalue weighted by atomic mass is 16.5. The Hall–Kier alpha value is -3.48. The van der Waals surface area contributed by atoms with Crippen LogP contribution in [-0.4, -0.2) is 46.9 Å². The van der Waals surface area contributed by atoms with Crippen molar-refractivity contribution in [3.8, 4) is 0 Å². The second kappa shape index (κ2) is 50.5. The molecule has 0 aromatic heterocycles. The van der Waals surface area contributed by atoms with Crippen molar-refractivity contribution >= 4 is 11.9 Å². The Labute approximate surface area is 394 Å². The third-order valence-electron chi connectivity index (χ3n) is 11.3. The normalized spacial score (nSPS) is 14.1. The molecule has 0 spiro atoms. The molecule has 3 atom stereocenters. The predicted octanol–water partition coefficient (Wildman–Crippen LogP) is 15.9. The minimum atomic E-state index is -0.810. The van der Waals surface area contributed by atoms with Crippen LogP contribution in [0.5, 0.6) is 0 Å². The average Bonchev–Trinajstić information content (AvgIpc) is 3.29. The quantitative estimate of drug-likeness (QED) is 0.0322. The van der Waals surface area contributed by atoms with Crippen molar-refractivity contribution < 1.29 is 24.5 Å². The van der Waals surface area contributed by atoms with Crippen molar-refractivity contribution in [1.82, 2.24) is 5.32 Å². The summed E-state index contributed by atoms with van der Waals surface area (Å²) in [6.07, 6.45) is 68.5. The molecule has 0 saturated carbocycles. The lowest BCUT2D eigenvalue weighted by Gasteiger charge is -2.24. The first-order valence-electron chi connectivity index (χ1n) is 26.2. The van der Waals surface area contributed by atoms with E-state index in [-0.39, 0.29) is 24.9 Å². The molecule has 6 nitrogen and oxygen atoms in total. The second-order valence-electron chi connectivity index (χ2n) is 17.4. The van der Waals surface area contributed by atoms with Gasteiger partial charge in [0.1, 0.15) is 6.10 Å². The van der Waals surface area contributed by atoms with Crippen LogP contribution >= 0.6 is 0 Å². The van der Waals surface area contributed by atoms with E-state index in [1.165, 1.54) is 77.0 Å². The molecule has 364 valence electrons. The number of amides is 1. The van der Waals surface area contributed by atoms with E-state index in [0.717, 1.165) is 96.3 Å². The summed E-state index contributed by atoms with van der Waals surface area (Å²) < 4.78 is 5.91. The fourth-order valence-electron chi connectivity index (χ4n) is 7.29. The van der Waals surface area contributed by atoms with Crippen molar-refractivity contribution in [2.24, 2.45) is 0 Å². The van der Waals surface area contributed by atoms with E-state index in [0.29, 0.717) is 19.3 Å². The first kappa shape index (κ1) is 60.5. The van der Waals surface area contributed by atoms with Gasteiger partial charge in [-0.3, -0.25) is 9.59 Å². The summed E-state index contributed by atoms with van der Waals surface area (Å²) in [5, 5.41) is 23.7. The second-order valence-corrected chi connectivity index (χ2v) is 17.4. The minimum absolute atomic E-state index is 0.0340. The Balaban J connectivity index is 4.76. The molecular weight excluding hydrogens is 791 g/mol. The summed E-state index contributed by atoms with van der Waals surface area (Å²) in [6, 6.07) is -0.727. The molecule has 0 rings (SSSR count). The maximum atomic E-state index is 13.2. The fourth-order valence-corrected chi connectivity index (χ4v) is 7.29. The van der Waals surface area contributed by atoms with E-state index in [1.54, 1.807) is 0 Å². The summed E-state index contributed by atoms with van der Waals surface area (Å²) in [5.41, 5.74) is 0. The monoisotopic (exact) mass is 888 g/mol. The van der Waals surface area contributed by atoms with E-state index in [4.69, 9.17) is 4.74 Å². The van der Waals surface area contributed by atoms with Gasteiger partial charge in [0.15, 0.2) is 0 Å². The lowest BCUT2D eigenvalue weighted by atomic mass is 10.0. The van der Waals surface area contributed by atoms with E-state index >= 15 is 0 Å². The number of unbranched alkanes of at least 4 members (excludes halogenated alkanes) is 22. The molecule has 0 aromatic carbocycles. The van der Waals surface area contributed by atoms with Crippen molar-refractivity contribution in [3.05, 3.63) is 109 Å². The van der Waals surface area contributed by atoms with Crippen LogP contribution in [0.2, 0.25) is 0 Å². The lowest BCUT2D eigenvalue weighted by Crippen LogP contribution is -2.46. The topological polar surface area (TPSA) is 95.9 Å². The van der Waals surface area contributed by atoms with Crippen LogP contribution < -0.4 is 5.32 Å².